The number of nitrogens with zero attached hydrogens (tertiary/aromatic N) is 2. The number of aryl methyl sites for hydroxylation is 2. The van der Waals surface area contributed by atoms with E-state index < -0.39 is 0 Å². The van der Waals surface area contributed by atoms with Crippen LogP contribution in [-0.4, -0.2) is 14.8 Å². The molecule has 0 amide bonds. The van der Waals surface area contributed by atoms with Crippen LogP contribution in [0.4, 0.5) is 4.39 Å². The lowest BCUT2D eigenvalue weighted by atomic mass is 10.1. The molecule has 78 valence electrons. The molecule has 0 atom stereocenters. The fourth-order valence-electron chi connectivity index (χ4n) is 1.34. The molecule has 0 radical (unpaired) electrons. The Hall–Kier alpha value is -1.91. The zero-order chi connectivity index (χ0) is 11.0. The average molecular weight is 207 g/mol. The smallest absolute Gasteiger partial charge is 0.289 e. The van der Waals surface area contributed by atoms with Crippen molar-refractivity contribution in [2.24, 2.45) is 7.05 Å². The minimum atomic E-state index is -0.385. The van der Waals surface area contributed by atoms with Crippen LogP contribution in [-0.2, 0) is 7.05 Å². The van der Waals surface area contributed by atoms with Crippen molar-refractivity contribution in [2.75, 3.05) is 0 Å². The summed E-state index contributed by atoms with van der Waals surface area (Å²) in [6, 6.07) is 4.77. The average Bonchev–Trinajstić information content (AvgIpc) is 2.46. The number of rotatable bonds is 1. The Labute approximate surface area is 85.4 Å². The Morgan fingerprint density at radius 3 is 2.73 bits per heavy atom. The number of benzene rings is 1. The van der Waals surface area contributed by atoms with Gasteiger partial charge in [-0.3, -0.25) is 4.98 Å². The first-order valence-electron chi connectivity index (χ1n) is 4.48. The maximum atomic E-state index is 13.5. The number of H-pyrrole nitrogens is 1. The van der Waals surface area contributed by atoms with Gasteiger partial charge in [-0.05, 0) is 24.6 Å². The highest BCUT2D eigenvalue weighted by Gasteiger charge is 2.09. The van der Waals surface area contributed by atoms with E-state index in [0.29, 0.717) is 5.56 Å². The molecule has 15 heavy (non-hydrogen) atoms. The van der Waals surface area contributed by atoms with E-state index in [1.54, 1.807) is 19.1 Å². The Kier molecular flexibility index (Phi) is 2.15. The fourth-order valence-corrected chi connectivity index (χ4v) is 1.34. The predicted octanol–water partition coefficient (Wildman–Crippen LogP) is 1.22. The van der Waals surface area contributed by atoms with Crippen LogP contribution in [0, 0.1) is 12.7 Å². The number of aromatic amines is 1. The van der Waals surface area contributed by atoms with Gasteiger partial charge >= 0.3 is 5.69 Å². The Bertz CT molecular complexity index is 556. The monoisotopic (exact) mass is 207 g/mol. The highest BCUT2D eigenvalue weighted by Crippen LogP contribution is 2.18. The molecule has 1 aromatic heterocycles. The normalized spacial score (nSPS) is 10.6. The number of nitrogens with one attached hydrogen (secondary N) is 1. The molecule has 0 fully saturated rings. The van der Waals surface area contributed by atoms with E-state index >= 15 is 0 Å². The molecule has 0 spiro atoms. The van der Waals surface area contributed by atoms with Crippen molar-refractivity contribution < 1.29 is 4.39 Å². The first-order valence-corrected chi connectivity index (χ1v) is 4.48. The zero-order valence-electron chi connectivity index (χ0n) is 8.41. The fraction of sp³-hybridized carbons (Fsp3) is 0.200. The van der Waals surface area contributed by atoms with Crippen molar-refractivity contribution in [1.82, 2.24) is 14.8 Å². The second kappa shape index (κ2) is 3.34. The molecule has 2 rings (SSSR count). The number of hydrogen-bond acceptors (Lipinski definition) is 2. The van der Waals surface area contributed by atoms with Crippen LogP contribution in [0.2, 0.25) is 0 Å². The summed E-state index contributed by atoms with van der Waals surface area (Å²) in [7, 11) is 1.51. The van der Waals surface area contributed by atoms with Gasteiger partial charge in [-0.25, -0.2) is 13.9 Å². The van der Waals surface area contributed by atoms with Gasteiger partial charge in [0.25, 0.3) is 0 Å². The molecular weight excluding hydrogens is 197 g/mol. The van der Waals surface area contributed by atoms with Gasteiger partial charge in [0.1, 0.15) is 5.82 Å². The molecule has 0 aliphatic carbocycles. The summed E-state index contributed by atoms with van der Waals surface area (Å²) in [5.74, 6) is -0.135. The molecule has 5 heteroatoms. The molecule has 1 aromatic carbocycles. The third-order valence-electron chi connectivity index (χ3n) is 2.15. The van der Waals surface area contributed by atoms with Gasteiger partial charge in [0.2, 0.25) is 0 Å². The van der Waals surface area contributed by atoms with E-state index in [2.05, 4.69) is 10.1 Å². The summed E-state index contributed by atoms with van der Waals surface area (Å²) in [4.78, 5) is 13.6. The van der Waals surface area contributed by atoms with Crippen molar-refractivity contribution >= 4 is 0 Å². The summed E-state index contributed by atoms with van der Waals surface area (Å²) >= 11 is 0. The molecule has 0 bridgehead atoms. The van der Waals surface area contributed by atoms with Crippen LogP contribution in [0.5, 0.6) is 0 Å². The van der Waals surface area contributed by atoms with Gasteiger partial charge in [-0.1, -0.05) is 6.07 Å². The van der Waals surface area contributed by atoms with Gasteiger partial charge in [-0.15, -0.1) is 5.10 Å². The van der Waals surface area contributed by atoms with Crippen molar-refractivity contribution in [3.8, 4) is 11.4 Å². The first kappa shape index (κ1) is 9.64. The van der Waals surface area contributed by atoms with E-state index in [9.17, 15) is 9.18 Å². The Morgan fingerprint density at radius 2 is 2.20 bits per heavy atom. The summed E-state index contributed by atoms with van der Waals surface area (Å²) in [6.45, 7) is 1.80. The second-order valence-corrected chi connectivity index (χ2v) is 3.39. The van der Waals surface area contributed by atoms with E-state index in [0.717, 1.165) is 10.2 Å². The van der Waals surface area contributed by atoms with E-state index in [1.165, 1.54) is 13.1 Å². The summed E-state index contributed by atoms with van der Waals surface area (Å²) in [6.07, 6.45) is 0. The molecule has 1 heterocycles. The van der Waals surface area contributed by atoms with Crippen molar-refractivity contribution in [1.29, 1.82) is 0 Å². The van der Waals surface area contributed by atoms with Crippen molar-refractivity contribution in [3.05, 3.63) is 40.1 Å². The van der Waals surface area contributed by atoms with Crippen LogP contribution >= 0.6 is 0 Å². The van der Waals surface area contributed by atoms with E-state index in [1.807, 2.05) is 0 Å². The van der Waals surface area contributed by atoms with E-state index in [4.69, 9.17) is 0 Å². The summed E-state index contributed by atoms with van der Waals surface area (Å²) < 4.78 is 14.6. The molecule has 2 aromatic rings. The molecule has 1 N–H and O–H groups in total. The maximum absolute atomic E-state index is 13.5. The second-order valence-electron chi connectivity index (χ2n) is 3.39. The quantitative estimate of drug-likeness (QED) is 0.764. The predicted molar refractivity (Wildman–Crippen MR) is 54.0 cm³/mol. The summed E-state index contributed by atoms with van der Waals surface area (Å²) in [5, 5.41) is 3.88. The van der Waals surface area contributed by atoms with Crippen LogP contribution < -0.4 is 5.69 Å². The standard InChI is InChI=1S/C10H10FN3O/c1-6-3-4-7(8(11)5-6)9-12-10(15)14(2)13-9/h3-5H,1-2H3,(H,12,13,15). The minimum absolute atomic E-state index is 0.250. The first-order chi connectivity index (χ1) is 7.08. The molecular formula is C10H10FN3O. The third-order valence-corrected chi connectivity index (χ3v) is 2.15. The molecule has 0 aliphatic heterocycles. The van der Waals surface area contributed by atoms with Gasteiger partial charge in [0.15, 0.2) is 5.82 Å². The van der Waals surface area contributed by atoms with Crippen molar-refractivity contribution in [2.45, 2.75) is 6.92 Å². The van der Waals surface area contributed by atoms with E-state index in [-0.39, 0.29) is 17.3 Å². The highest BCUT2D eigenvalue weighted by atomic mass is 19.1. The highest BCUT2D eigenvalue weighted by molar-refractivity contribution is 5.55. The third kappa shape index (κ3) is 1.68. The number of aromatic nitrogens is 3. The van der Waals surface area contributed by atoms with Crippen molar-refractivity contribution in [3.63, 3.8) is 0 Å². The lowest BCUT2D eigenvalue weighted by molar-refractivity contribution is 0.628. The van der Waals surface area contributed by atoms with Crippen LogP contribution in [0.1, 0.15) is 5.56 Å². The van der Waals surface area contributed by atoms with Gasteiger partial charge in [0, 0.05) is 7.05 Å². The minimum Gasteiger partial charge on any atom is -0.289 e. The topological polar surface area (TPSA) is 50.7 Å². The molecule has 0 saturated heterocycles. The Morgan fingerprint density at radius 1 is 1.47 bits per heavy atom. The SMILES string of the molecule is Cc1ccc(-c2nn(C)c(=O)[nH]2)c(F)c1. The molecule has 0 unspecified atom stereocenters. The molecule has 0 saturated carbocycles. The number of hydrogen-bond donors (Lipinski definition) is 1. The molecule has 0 aliphatic rings. The van der Waals surface area contributed by atoms with Crippen LogP contribution in [0.3, 0.4) is 0 Å². The van der Waals surface area contributed by atoms with Crippen LogP contribution in [0.15, 0.2) is 23.0 Å². The lowest BCUT2D eigenvalue weighted by Gasteiger charge is -1.99. The zero-order valence-corrected chi connectivity index (χ0v) is 8.41. The number of halogens is 1. The Balaban J connectivity index is 2.59. The van der Waals surface area contributed by atoms with Gasteiger partial charge in [-0.2, -0.15) is 0 Å². The maximum Gasteiger partial charge on any atom is 0.343 e. The lowest BCUT2D eigenvalue weighted by Crippen LogP contribution is -2.13. The summed E-state index contributed by atoms with van der Waals surface area (Å²) in [5.41, 5.74) is 0.776. The molecule has 4 nitrogen and oxygen atoms in total. The van der Waals surface area contributed by atoms with Gasteiger partial charge in [0.05, 0.1) is 5.56 Å². The largest absolute Gasteiger partial charge is 0.343 e. The van der Waals surface area contributed by atoms with Crippen LogP contribution in [0.25, 0.3) is 11.4 Å². The van der Waals surface area contributed by atoms with Gasteiger partial charge < -0.3 is 0 Å².